The number of hydrogen-bond acceptors (Lipinski definition) is 7. The van der Waals surface area contributed by atoms with Crippen molar-refractivity contribution >= 4 is 21.9 Å². The van der Waals surface area contributed by atoms with Crippen molar-refractivity contribution < 1.29 is 32.2 Å². The molecule has 9 nitrogen and oxygen atoms in total. The number of carbonyl (C=O) groups is 2. The smallest absolute Gasteiger partial charge is 0.309 e. The summed E-state index contributed by atoms with van der Waals surface area (Å²) in [7, 11) is -3.71. The van der Waals surface area contributed by atoms with E-state index < -0.39 is 21.9 Å². The van der Waals surface area contributed by atoms with E-state index in [0.717, 1.165) is 6.42 Å². The maximum Gasteiger partial charge on any atom is 0.309 e. The number of sulfonamides is 1. The third-order valence-corrected chi connectivity index (χ3v) is 7.20. The van der Waals surface area contributed by atoms with Crippen LogP contribution < -0.4 is 14.8 Å². The van der Waals surface area contributed by atoms with Crippen molar-refractivity contribution in [2.24, 2.45) is 5.92 Å². The lowest BCUT2D eigenvalue weighted by Crippen LogP contribution is -2.41. The molecule has 0 saturated carbocycles. The third kappa shape index (κ3) is 5.23. The van der Waals surface area contributed by atoms with Crippen LogP contribution in [0.3, 0.4) is 0 Å². The number of ether oxygens (including phenoxy) is 3. The molecule has 0 aliphatic carbocycles. The number of nitrogens with one attached hydrogen (secondary N) is 1. The third-order valence-electron chi connectivity index (χ3n) is 5.30. The number of carbonyl (C=O) groups excluding carboxylic acids is 2. The van der Waals surface area contributed by atoms with Crippen LogP contribution in [0.25, 0.3) is 0 Å². The molecule has 2 aliphatic rings. The largest absolute Gasteiger partial charge is 0.486 e. The lowest BCUT2D eigenvalue weighted by atomic mass is 9.98. The Labute approximate surface area is 176 Å². The Morgan fingerprint density at radius 2 is 1.87 bits per heavy atom. The van der Waals surface area contributed by atoms with Gasteiger partial charge in [0.2, 0.25) is 10.0 Å². The molecule has 0 unspecified atom stereocenters. The highest BCUT2D eigenvalue weighted by molar-refractivity contribution is 7.89. The molecule has 2 aliphatic heterocycles. The lowest BCUT2D eigenvalue weighted by Gasteiger charge is -2.30. The molecule has 1 fully saturated rings. The normalized spacial score (nSPS) is 18.5. The van der Waals surface area contributed by atoms with Crippen LogP contribution in [-0.4, -0.2) is 63.6 Å². The molecule has 0 bridgehead atoms. The molecule has 2 heterocycles. The minimum atomic E-state index is -3.71. The van der Waals surface area contributed by atoms with Crippen LogP contribution in [0.15, 0.2) is 23.1 Å². The molecule has 1 amide bonds. The van der Waals surface area contributed by atoms with Crippen LogP contribution in [0.1, 0.15) is 33.1 Å². The van der Waals surface area contributed by atoms with Gasteiger partial charge in [0.25, 0.3) is 5.91 Å². The molecular formula is C20H28N2O7S. The highest BCUT2D eigenvalue weighted by Gasteiger charge is 2.33. The van der Waals surface area contributed by atoms with Gasteiger partial charge >= 0.3 is 5.97 Å². The summed E-state index contributed by atoms with van der Waals surface area (Å²) in [6.45, 7) is 4.72. The Bertz CT molecular complexity index is 879. The van der Waals surface area contributed by atoms with E-state index in [0.29, 0.717) is 37.6 Å². The van der Waals surface area contributed by atoms with Crippen LogP contribution in [-0.2, 0) is 24.3 Å². The molecule has 30 heavy (non-hydrogen) atoms. The van der Waals surface area contributed by atoms with Gasteiger partial charge < -0.3 is 19.5 Å². The number of amides is 1. The van der Waals surface area contributed by atoms with E-state index in [4.69, 9.17) is 14.2 Å². The predicted octanol–water partition coefficient (Wildman–Crippen LogP) is 1.32. The van der Waals surface area contributed by atoms with Crippen molar-refractivity contribution in [2.75, 3.05) is 32.9 Å². The summed E-state index contributed by atoms with van der Waals surface area (Å²) in [6.07, 6.45) is 1.47. The number of rotatable bonds is 7. The molecule has 1 atom stereocenters. The van der Waals surface area contributed by atoms with Crippen LogP contribution >= 0.6 is 0 Å². The molecule has 0 radical (unpaired) electrons. The zero-order valence-corrected chi connectivity index (χ0v) is 18.1. The van der Waals surface area contributed by atoms with Crippen molar-refractivity contribution in [3.63, 3.8) is 0 Å². The molecule has 3 rings (SSSR count). The van der Waals surface area contributed by atoms with Gasteiger partial charge in [0.05, 0.1) is 10.8 Å². The number of benzene rings is 1. The molecule has 0 aromatic heterocycles. The number of fused-ring (bicyclic) bond motifs is 1. The number of esters is 1. The Morgan fingerprint density at radius 1 is 1.20 bits per heavy atom. The fourth-order valence-corrected chi connectivity index (χ4v) is 4.82. The first kappa shape index (κ1) is 22.4. The minimum Gasteiger partial charge on any atom is -0.486 e. The number of hydrogen-bond donors (Lipinski definition) is 1. The molecule has 166 valence electrons. The number of nitrogens with zero attached hydrogens (tertiary/aromatic N) is 1. The molecular weight excluding hydrogens is 412 g/mol. The Balaban J connectivity index is 1.53. The van der Waals surface area contributed by atoms with Crippen molar-refractivity contribution in [3.05, 3.63) is 18.2 Å². The first-order valence-electron chi connectivity index (χ1n) is 10.2. The standard InChI is InChI=1S/C20H28N2O7S/c1-3-14(2)21-19(23)13-29-20(24)15-6-8-22(9-7-15)30(25,26)16-4-5-17-18(12-16)28-11-10-27-17/h4-5,12,14-15H,3,6-11,13H2,1-2H3,(H,21,23)/t14-/m0/s1. The summed E-state index contributed by atoms with van der Waals surface area (Å²) in [6, 6.07) is 4.58. The number of piperidine rings is 1. The molecule has 10 heteroatoms. The summed E-state index contributed by atoms with van der Waals surface area (Å²) in [5.74, 6) is -0.286. The van der Waals surface area contributed by atoms with Gasteiger partial charge in [0.1, 0.15) is 13.2 Å². The Hall–Kier alpha value is -2.33. The lowest BCUT2D eigenvalue weighted by molar-refractivity contribution is -0.153. The zero-order chi connectivity index (χ0) is 21.7. The second kappa shape index (κ2) is 9.65. The molecule has 1 saturated heterocycles. The van der Waals surface area contributed by atoms with E-state index in [9.17, 15) is 18.0 Å². The fraction of sp³-hybridized carbons (Fsp3) is 0.600. The average molecular weight is 441 g/mol. The van der Waals surface area contributed by atoms with E-state index in [1.807, 2.05) is 13.8 Å². The van der Waals surface area contributed by atoms with E-state index in [1.165, 1.54) is 16.4 Å². The SMILES string of the molecule is CC[C@H](C)NC(=O)COC(=O)C1CCN(S(=O)(=O)c2ccc3c(c2)OCCO3)CC1. The minimum absolute atomic E-state index is 0.0187. The molecule has 1 N–H and O–H groups in total. The van der Waals surface area contributed by atoms with Gasteiger partial charge in [-0.15, -0.1) is 0 Å². The highest BCUT2D eigenvalue weighted by atomic mass is 32.2. The van der Waals surface area contributed by atoms with Crippen LogP contribution in [0.4, 0.5) is 0 Å². The van der Waals surface area contributed by atoms with Gasteiger partial charge in [-0.3, -0.25) is 9.59 Å². The van der Waals surface area contributed by atoms with E-state index in [-0.39, 0.29) is 36.5 Å². The van der Waals surface area contributed by atoms with E-state index in [2.05, 4.69) is 5.32 Å². The monoisotopic (exact) mass is 440 g/mol. The maximum atomic E-state index is 13.0. The first-order chi connectivity index (χ1) is 14.3. The van der Waals surface area contributed by atoms with Crippen molar-refractivity contribution in [1.29, 1.82) is 0 Å². The topological polar surface area (TPSA) is 111 Å². The summed E-state index contributed by atoms with van der Waals surface area (Å²) in [5.41, 5.74) is 0. The zero-order valence-electron chi connectivity index (χ0n) is 17.3. The van der Waals surface area contributed by atoms with Crippen LogP contribution in [0.5, 0.6) is 11.5 Å². The van der Waals surface area contributed by atoms with Crippen molar-refractivity contribution in [2.45, 2.75) is 44.0 Å². The van der Waals surface area contributed by atoms with Gasteiger partial charge in [-0.2, -0.15) is 4.31 Å². The predicted molar refractivity (Wildman–Crippen MR) is 108 cm³/mol. The van der Waals surface area contributed by atoms with Gasteiger partial charge in [0, 0.05) is 25.2 Å². The Kier molecular flexibility index (Phi) is 7.19. The first-order valence-corrected chi connectivity index (χ1v) is 11.6. The molecule has 0 spiro atoms. The summed E-state index contributed by atoms with van der Waals surface area (Å²) in [5, 5.41) is 2.73. The quantitative estimate of drug-likeness (QED) is 0.637. The molecule has 1 aromatic rings. The van der Waals surface area contributed by atoms with Gasteiger partial charge in [0.15, 0.2) is 18.1 Å². The highest BCUT2D eigenvalue weighted by Crippen LogP contribution is 2.34. The van der Waals surface area contributed by atoms with Gasteiger partial charge in [-0.05, 0) is 38.3 Å². The van der Waals surface area contributed by atoms with Crippen LogP contribution in [0, 0.1) is 5.92 Å². The second-order valence-electron chi connectivity index (χ2n) is 7.47. The average Bonchev–Trinajstić information content (AvgIpc) is 2.77. The Morgan fingerprint density at radius 3 is 2.53 bits per heavy atom. The van der Waals surface area contributed by atoms with Crippen molar-refractivity contribution in [3.8, 4) is 11.5 Å². The summed E-state index contributed by atoms with van der Waals surface area (Å²) in [4.78, 5) is 24.1. The summed E-state index contributed by atoms with van der Waals surface area (Å²) < 4.78 is 43.3. The molecule has 1 aromatic carbocycles. The van der Waals surface area contributed by atoms with E-state index in [1.54, 1.807) is 6.07 Å². The summed E-state index contributed by atoms with van der Waals surface area (Å²) >= 11 is 0. The van der Waals surface area contributed by atoms with Gasteiger partial charge in [-0.1, -0.05) is 6.92 Å². The second-order valence-corrected chi connectivity index (χ2v) is 9.41. The van der Waals surface area contributed by atoms with E-state index >= 15 is 0 Å². The maximum absolute atomic E-state index is 13.0. The van der Waals surface area contributed by atoms with Crippen LogP contribution in [0.2, 0.25) is 0 Å². The van der Waals surface area contributed by atoms with Crippen molar-refractivity contribution in [1.82, 2.24) is 9.62 Å². The van der Waals surface area contributed by atoms with Gasteiger partial charge in [-0.25, -0.2) is 8.42 Å². The fourth-order valence-electron chi connectivity index (χ4n) is 3.34.